The third-order valence-electron chi connectivity index (χ3n) is 3.64. The quantitative estimate of drug-likeness (QED) is 0.741. The smallest absolute Gasteiger partial charge is 0.311 e. The maximum atomic E-state index is 11.5. The Kier molecular flexibility index (Phi) is 4.97. The van der Waals surface area contributed by atoms with Gasteiger partial charge in [-0.05, 0) is 12.8 Å². The molecule has 0 radical (unpaired) electrons. The van der Waals surface area contributed by atoms with Crippen LogP contribution >= 0.6 is 0 Å². The Balaban J connectivity index is 2.64. The van der Waals surface area contributed by atoms with Crippen LogP contribution in [-0.4, -0.2) is 23.5 Å². The zero-order chi connectivity index (χ0) is 12.9. The fourth-order valence-corrected chi connectivity index (χ4v) is 2.33. The highest BCUT2D eigenvalue weighted by Crippen LogP contribution is 2.34. The van der Waals surface area contributed by atoms with Crippen LogP contribution in [0.15, 0.2) is 0 Å². The van der Waals surface area contributed by atoms with Crippen LogP contribution in [0.2, 0.25) is 0 Å². The van der Waals surface area contributed by atoms with Crippen molar-refractivity contribution in [3.8, 4) is 0 Å². The van der Waals surface area contributed by atoms with Crippen molar-refractivity contribution in [3.63, 3.8) is 0 Å². The van der Waals surface area contributed by atoms with Crippen LogP contribution in [0, 0.1) is 11.3 Å². The van der Waals surface area contributed by atoms with Crippen LogP contribution in [0.3, 0.4) is 0 Å². The molecule has 1 saturated carbocycles. The van der Waals surface area contributed by atoms with Crippen molar-refractivity contribution in [2.75, 3.05) is 6.54 Å². The van der Waals surface area contributed by atoms with Crippen LogP contribution in [0.4, 0.5) is 0 Å². The van der Waals surface area contributed by atoms with Crippen LogP contribution in [-0.2, 0) is 9.59 Å². The summed E-state index contributed by atoms with van der Waals surface area (Å²) in [5, 5.41) is 12.2. The largest absolute Gasteiger partial charge is 0.481 e. The van der Waals surface area contributed by atoms with Gasteiger partial charge >= 0.3 is 5.97 Å². The Hall–Kier alpha value is -1.06. The van der Waals surface area contributed by atoms with Gasteiger partial charge in [-0.15, -0.1) is 0 Å². The van der Waals surface area contributed by atoms with E-state index >= 15 is 0 Å². The van der Waals surface area contributed by atoms with Crippen molar-refractivity contribution in [3.05, 3.63) is 0 Å². The molecule has 0 spiro atoms. The number of amides is 1. The summed E-state index contributed by atoms with van der Waals surface area (Å²) in [6.07, 6.45) is 5.47. The number of carboxylic acid groups (broad SMARTS) is 1. The predicted molar refractivity (Wildman–Crippen MR) is 65.6 cm³/mol. The van der Waals surface area contributed by atoms with E-state index in [9.17, 15) is 14.7 Å². The van der Waals surface area contributed by atoms with Gasteiger partial charge in [0.15, 0.2) is 0 Å². The molecule has 0 aromatic rings. The minimum Gasteiger partial charge on any atom is -0.481 e. The Morgan fingerprint density at radius 1 is 1.18 bits per heavy atom. The van der Waals surface area contributed by atoms with E-state index in [1.165, 1.54) is 0 Å². The molecule has 1 aliphatic rings. The number of carbonyl (C=O) groups is 2. The summed E-state index contributed by atoms with van der Waals surface area (Å²) in [5.74, 6) is -0.912. The van der Waals surface area contributed by atoms with Gasteiger partial charge in [0.25, 0.3) is 0 Å². The van der Waals surface area contributed by atoms with Gasteiger partial charge in [0.2, 0.25) is 5.91 Å². The Morgan fingerprint density at radius 2 is 1.71 bits per heavy atom. The molecule has 0 aromatic carbocycles. The molecule has 4 nitrogen and oxygen atoms in total. The molecule has 0 aliphatic heterocycles. The highest BCUT2D eigenvalue weighted by molar-refractivity contribution is 5.80. The van der Waals surface area contributed by atoms with E-state index in [1.54, 1.807) is 0 Å². The molecule has 1 rings (SSSR count). The minimum absolute atomic E-state index is 0.0603. The van der Waals surface area contributed by atoms with E-state index in [4.69, 9.17) is 0 Å². The summed E-state index contributed by atoms with van der Waals surface area (Å²) in [4.78, 5) is 23.0. The van der Waals surface area contributed by atoms with Crippen molar-refractivity contribution < 1.29 is 14.7 Å². The van der Waals surface area contributed by atoms with Gasteiger partial charge in [-0.1, -0.05) is 39.5 Å². The lowest BCUT2D eigenvalue weighted by Gasteiger charge is -2.28. The van der Waals surface area contributed by atoms with Crippen molar-refractivity contribution in [2.24, 2.45) is 11.3 Å². The fourth-order valence-electron chi connectivity index (χ4n) is 2.33. The number of rotatable bonds is 4. The van der Waals surface area contributed by atoms with Crippen LogP contribution in [0.1, 0.15) is 52.4 Å². The van der Waals surface area contributed by atoms with Gasteiger partial charge in [0, 0.05) is 12.5 Å². The maximum absolute atomic E-state index is 11.5. The van der Waals surface area contributed by atoms with E-state index in [0.717, 1.165) is 25.7 Å². The van der Waals surface area contributed by atoms with E-state index < -0.39 is 11.4 Å². The lowest BCUT2D eigenvalue weighted by atomic mass is 9.80. The maximum Gasteiger partial charge on any atom is 0.311 e. The zero-order valence-corrected chi connectivity index (χ0v) is 10.8. The van der Waals surface area contributed by atoms with Crippen molar-refractivity contribution in [2.45, 2.75) is 52.4 Å². The van der Waals surface area contributed by atoms with Crippen LogP contribution in [0.5, 0.6) is 0 Å². The molecule has 0 aromatic heterocycles. The topological polar surface area (TPSA) is 66.4 Å². The minimum atomic E-state index is -0.761. The summed E-state index contributed by atoms with van der Waals surface area (Å²) >= 11 is 0. The van der Waals surface area contributed by atoms with E-state index in [1.807, 2.05) is 13.8 Å². The standard InChI is InChI=1S/C13H23NO3/c1-10(2)11(15)14-9-13(12(16)17)7-5-3-4-6-8-13/h10H,3-9H2,1-2H3,(H,14,15)(H,16,17). The van der Waals surface area contributed by atoms with Gasteiger partial charge in [0.1, 0.15) is 0 Å². The molecule has 17 heavy (non-hydrogen) atoms. The third kappa shape index (κ3) is 3.72. The second kappa shape index (κ2) is 6.03. The average molecular weight is 241 g/mol. The highest BCUT2D eigenvalue weighted by Gasteiger charge is 2.38. The second-order valence-corrected chi connectivity index (χ2v) is 5.37. The number of carbonyl (C=O) groups excluding carboxylic acids is 1. The molecular weight excluding hydrogens is 218 g/mol. The second-order valence-electron chi connectivity index (χ2n) is 5.37. The van der Waals surface area contributed by atoms with Crippen molar-refractivity contribution in [1.29, 1.82) is 0 Å². The van der Waals surface area contributed by atoms with Crippen LogP contribution in [0.25, 0.3) is 0 Å². The first-order chi connectivity index (χ1) is 7.98. The van der Waals surface area contributed by atoms with Crippen molar-refractivity contribution >= 4 is 11.9 Å². The summed E-state index contributed by atoms with van der Waals surface area (Å²) in [7, 11) is 0. The molecule has 1 amide bonds. The zero-order valence-electron chi connectivity index (χ0n) is 10.8. The molecule has 98 valence electrons. The molecule has 1 aliphatic carbocycles. The molecule has 0 saturated heterocycles. The SMILES string of the molecule is CC(C)C(=O)NCC1(C(=O)O)CCCCCC1. The molecule has 4 heteroatoms. The Labute approximate surface area is 103 Å². The molecule has 2 N–H and O–H groups in total. The lowest BCUT2D eigenvalue weighted by Crippen LogP contribution is -2.44. The molecule has 0 unspecified atom stereocenters. The van der Waals surface area contributed by atoms with Crippen LogP contribution < -0.4 is 5.32 Å². The number of carboxylic acids is 1. The number of nitrogens with one attached hydrogen (secondary N) is 1. The number of aliphatic carboxylic acids is 1. The molecule has 0 bridgehead atoms. The summed E-state index contributed by atoms with van der Waals surface area (Å²) in [5.41, 5.74) is -0.735. The normalized spacial score (nSPS) is 19.7. The molecular formula is C13H23NO3. The number of hydrogen-bond donors (Lipinski definition) is 2. The first-order valence-electron chi connectivity index (χ1n) is 6.49. The summed E-state index contributed by atoms with van der Waals surface area (Å²) in [6.45, 7) is 3.91. The highest BCUT2D eigenvalue weighted by atomic mass is 16.4. The molecule has 0 atom stereocenters. The number of hydrogen-bond acceptors (Lipinski definition) is 2. The monoisotopic (exact) mass is 241 g/mol. The van der Waals surface area contributed by atoms with E-state index in [0.29, 0.717) is 12.8 Å². The van der Waals surface area contributed by atoms with Gasteiger partial charge in [-0.2, -0.15) is 0 Å². The van der Waals surface area contributed by atoms with Gasteiger partial charge in [0.05, 0.1) is 5.41 Å². The van der Waals surface area contributed by atoms with Gasteiger partial charge < -0.3 is 10.4 Å². The molecule has 1 fully saturated rings. The third-order valence-corrected chi connectivity index (χ3v) is 3.64. The van der Waals surface area contributed by atoms with E-state index in [2.05, 4.69) is 5.32 Å². The fraction of sp³-hybridized carbons (Fsp3) is 0.846. The first-order valence-corrected chi connectivity index (χ1v) is 6.49. The average Bonchev–Trinajstić information content (AvgIpc) is 2.52. The molecule has 0 heterocycles. The van der Waals surface area contributed by atoms with E-state index in [-0.39, 0.29) is 18.4 Å². The lowest BCUT2D eigenvalue weighted by molar-refractivity contribution is -0.150. The van der Waals surface area contributed by atoms with Crippen molar-refractivity contribution in [1.82, 2.24) is 5.32 Å². The first kappa shape index (κ1) is 14.0. The Bertz CT molecular complexity index is 278. The summed E-state index contributed by atoms with van der Waals surface area (Å²) < 4.78 is 0. The Morgan fingerprint density at radius 3 is 2.12 bits per heavy atom. The summed E-state index contributed by atoms with van der Waals surface area (Å²) in [6, 6.07) is 0. The van der Waals surface area contributed by atoms with Gasteiger partial charge in [-0.3, -0.25) is 9.59 Å². The van der Waals surface area contributed by atoms with Gasteiger partial charge in [-0.25, -0.2) is 0 Å². The predicted octanol–water partition coefficient (Wildman–Crippen LogP) is 2.18.